The summed E-state index contributed by atoms with van der Waals surface area (Å²) in [5.74, 6) is 0. The van der Waals surface area contributed by atoms with Gasteiger partial charge in [-0.3, -0.25) is 0 Å². The van der Waals surface area contributed by atoms with Crippen LogP contribution in [-0.4, -0.2) is 18.2 Å². The molecular formula is C10H19NO. The van der Waals surface area contributed by atoms with Crippen molar-refractivity contribution in [3.05, 3.63) is 0 Å². The van der Waals surface area contributed by atoms with E-state index in [4.69, 9.17) is 10.5 Å². The highest BCUT2D eigenvalue weighted by Crippen LogP contribution is 2.35. The van der Waals surface area contributed by atoms with Gasteiger partial charge in [-0.2, -0.15) is 0 Å². The van der Waals surface area contributed by atoms with Gasteiger partial charge in [0.25, 0.3) is 0 Å². The van der Waals surface area contributed by atoms with Crippen LogP contribution in [0.15, 0.2) is 0 Å². The van der Waals surface area contributed by atoms with Crippen LogP contribution in [0.1, 0.15) is 44.9 Å². The first kappa shape index (κ1) is 8.52. The molecule has 12 heavy (non-hydrogen) atoms. The summed E-state index contributed by atoms with van der Waals surface area (Å²) in [4.78, 5) is 0. The molecule has 0 aliphatic heterocycles. The fourth-order valence-electron chi connectivity index (χ4n) is 1.89. The van der Waals surface area contributed by atoms with Crippen LogP contribution < -0.4 is 5.73 Å². The predicted octanol–water partition coefficient (Wildman–Crippen LogP) is 1.83. The van der Waals surface area contributed by atoms with Crippen molar-refractivity contribution >= 4 is 0 Å². The van der Waals surface area contributed by atoms with Gasteiger partial charge in [-0.25, -0.2) is 0 Å². The number of hydrogen-bond donors (Lipinski definition) is 1. The molecule has 0 heterocycles. The first-order valence-corrected chi connectivity index (χ1v) is 5.19. The molecule has 0 spiro atoms. The first-order chi connectivity index (χ1) is 5.79. The van der Waals surface area contributed by atoms with Gasteiger partial charge >= 0.3 is 0 Å². The van der Waals surface area contributed by atoms with Gasteiger partial charge in [-0.1, -0.05) is 12.8 Å². The van der Waals surface area contributed by atoms with E-state index in [1.54, 1.807) is 0 Å². The molecule has 2 rings (SSSR count). The molecule has 0 atom stereocenters. The van der Waals surface area contributed by atoms with Crippen LogP contribution in [-0.2, 0) is 4.74 Å². The van der Waals surface area contributed by atoms with E-state index in [0.717, 1.165) is 13.0 Å². The first-order valence-electron chi connectivity index (χ1n) is 5.19. The smallest absolute Gasteiger partial charge is 0.0575 e. The Balaban J connectivity index is 1.56. The molecular weight excluding hydrogens is 150 g/mol. The minimum absolute atomic E-state index is 0.179. The molecule has 0 unspecified atom stereocenters. The highest BCUT2D eigenvalue weighted by Gasteiger charge is 2.37. The van der Waals surface area contributed by atoms with Crippen molar-refractivity contribution < 1.29 is 4.74 Å². The SMILES string of the molecule is NC1(CCOC2CCCC2)CC1. The molecule has 0 aromatic heterocycles. The maximum Gasteiger partial charge on any atom is 0.0575 e. The summed E-state index contributed by atoms with van der Waals surface area (Å²) >= 11 is 0. The summed E-state index contributed by atoms with van der Waals surface area (Å²) in [5.41, 5.74) is 6.13. The normalized spacial score (nSPS) is 27.8. The van der Waals surface area contributed by atoms with Gasteiger partial charge in [-0.15, -0.1) is 0 Å². The van der Waals surface area contributed by atoms with E-state index in [1.807, 2.05) is 0 Å². The number of hydrogen-bond acceptors (Lipinski definition) is 2. The van der Waals surface area contributed by atoms with Gasteiger partial charge in [0.15, 0.2) is 0 Å². The van der Waals surface area contributed by atoms with Crippen molar-refractivity contribution in [2.45, 2.75) is 56.6 Å². The Morgan fingerprint density at radius 3 is 2.50 bits per heavy atom. The van der Waals surface area contributed by atoms with Crippen LogP contribution >= 0.6 is 0 Å². The third kappa shape index (κ3) is 2.20. The highest BCUT2D eigenvalue weighted by atomic mass is 16.5. The van der Waals surface area contributed by atoms with Crippen LogP contribution in [0.3, 0.4) is 0 Å². The monoisotopic (exact) mass is 169 g/mol. The van der Waals surface area contributed by atoms with Crippen LogP contribution in [0.2, 0.25) is 0 Å². The fraction of sp³-hybridized carbons (Fsp3) is 1.00. The second-order valence-corrected chi connectivity index (χ2v) is 4.39. The summed E-state index contributed by atoms with van der Waals surface area (Å²) in [6.07, 6.45) is 9.32. The predicted molar refractivity (Wildman–Crippen MR) is 49.0 cm³/mol. The summed E-state index contributed by atoms with van der Waals surface area (Å²) in [6.45, 7) is 0.890. The fourth-order valence-corrected chi connectivity index (χ4v) is 1.89. The Labute approximate surface area is 74.5 Å². The van der Waals surface area contributed by atoms with Gasteiger partial charge in [0.2, 0.25) is 0 Å². The van der Waals surface area contributed by atoms with Gasteiger partial charge in [0, 0.05) is 12.1 Å². The average molecular weight is 169 g/mol. The summed E-state index contributed by atoms with van der Waals surface area (Å²) < 4.78 is 5.74. The minimum Gasteiger partial charge on any atom is -0.378 e. The molecule has 2 fully saturated rings. The van der Waals surface area contributed by atoms with E-state index in [9.17, 15) is 0 Å². The largest absolute Gasteiger partial charge is 0.378 e. The van der Waals surface area contributed by atoms with Gasteiger partial charge in [-0.05, 0) is 32.1 Å². The maximum absolute atomic E-state index is 5.95. The molecule has 2 saturated carbocycles. The zero-order chi connectivity index (χ0) is 8.44. The molecule has 70 valence electrons. The van der Waals surface area contributed by atoms with Crippen molar-refractivity contribution in [3.8, 4) is 0 Å². The molecule has 0 amide bonds. The number of rotatable bonds is 4. The highest BCUT2D eigenvalue weighted by molar-refractivity contribution is 4.98. The van der Waals surface area contributed by atoms with Crippen molar-refractivity contribution in [2.75, 3.05) is 6.61 Å². The van der Waals surface area contributed by atoms with E-state index in [0.29, 0.717) is 6.10 Å². The lowest BCUT2D eigenvalue weighted by molar-refractivity contribution is 0.0526. The Kier molecular flexibility index (Phi) is 2.37. The molecule has 2 heteroatoms. The van der Waals surface area contributed by atoms with Crippen LogP contribution in [0, 0.1) is 0 Å². The lowest BCUT2D eigenvalue weighted by atomic mass is 10.2. The average Bonchev–Trinajstić information content (AvgIpc) is 2.61. The quantitative estimate of drug-likeness (QED) is 0.696. The van der Waals surface area contributed by atoms with E-state index in [1.165, 1.54) is 38.5 Å². The van der Waals surface area contributed by atoms with Crippen LogP contribution in [0.25, 0.3) is 0 Å². The van der Waals surface area contributed by atoms with Crippen molar-refractivity contribution in [2.24, 2.45) is 5.73 Å². The van der Waals surface area contributed by atoms with Crippen LogP contribution in [0.4, 0.5) is 0 Å². The molecule has 0 aromatic carbocycles. The van der Waals surface area contributed by atoms with E-state index in [-0.39, 0.29) is 5.54 Å². The van der Waals surface area contributed by atoms with E-state index < -0.39 is 0 Å². The molecule has 0 aromatic rings. The van der Waals surface area contributed by atoms with E-state index >= 15 is 0 Å². The molecule has 2 nitrogen and oxygen atoms in total. The molecule has 0 saturated heterocycles. The molecule has 0 radical (unpaired) electrons. The third-order valence-electron chi connectivity index (χ3n) is 3.15. The Bertz CT molecular complexity index is 148. The lowest BCUT2D eigenvalue weighted by Crippen LogP contribution is -2.24. The lowest BCUT2D eigenvalue weighted by Gasteiger charge is -2.13. The second-order valence-electron chi connectivity index (χ2n) is 4.39. The third-order valence-corrected chi connectivity index (χ3v) is 3.15. The van der Waals surface area contributed by atoms with Crippen LogP contribution in [0.5, 0.6) is 0 Å². The van der Waals surface area contributed by atoms with Crippen molar-refractivity contribution in [1.82, 2.24) is 0 Å². The second kappa shape index (κ2) is 3.35. The Morgan fingerprint density at radius 1 is 1.25 bits per heavy atom. The molecule has 2 aliphatic rings. The maximum atomic E-state index is 5.95. The summed E-state index contributed by atoms with van der Waals surface area (Å²) in [5, 5.41) is 0. The number of ether oxygens (including phenoxy) is 1. The van der Waals surface area contributed by atoms with Gasteiger partial charge in [0.05, 0.1) is 6.10 Å². The number of nitrogens with two attached hydrogens (primary N) is 1. The van der Waals surface area contributed by atoms with Gasteiger partial charge in [0.1, 0.15) is 0 Å². The van der Waals surface area contributed by atoms with Gasteiger partial charge < -0.3 is 10.5 Å². The Hall–Kier alpha value is -0.0800. The zero-order valence-electron chi connectivity index (χ0n) is 7.72. The molecule has 2 aliphatic carbocycles. The van der Waals surface area contributed by atoms with E-state index in [2.05, 4.69) is 0 Å². The zero-order valence-corrected chi connectivity index (χ0v) is 7.72. The van der Waals surface area contributed by atoms with Crippen molar-refractivity contribution in [1.29, 1.82) is 0 Å². The minimum atomic E-state index is 0.179. The van der Waals surface area contributed by atoms with Crippen molar-refractivity contribution in [3.63, 3.8) is 0 Å². The standard InChI is InChI=1S/C10H19NO/c11-10(5-6-10)7-8-12-9-3-1-2-4-9/h9H,1-8,11H2. The molecule has 2 N–H and O–H groups in total. The summed E-state index contributed by atoms with van der Waals surface area (Å²) in [6, 6.07) is 0. The molecule has 0 bridgehead atoms. The summed E-state index contributed by atoms with van der Waals surface area (Å²) in [7, 11) is 0. The topological polar surface area (TPSA) is 35.2 Å². The Morgan fingerprint density at radius 2 is 1.92 bits per heavy atom.